The lowest BCUT2D eigenvalue weighted by Gasteiger charge is -2.18. The van der Waals surface area contributed by atoms with Crippen molar-refractivity contribution in [2.75, 3.05) is 17.3 Å². The summed E-state index contributed by atoms with van der Waals surface area (Å²) in [5.41, 5.74) is 3.42. The van der Waals surface area contributed by atoms with Crippen LogP contribution in [0.3, 0.4) is 0 Å². The average Bonchev–Trinajstić information content (AvgIpc) is 2.37. The number of aliphatic hydroxyl groups excluding tert-OH is 1. The van der Waals surface area contributed by atoms with Crippen molar-refractivity contribution in [2.45, 2.75) is 39.7 Å². The highest BCUT2D eigenvalue weighted by molar-refractivity contribution is 5.57. The van der Waals surface area contributed by atoms with Crippen molar-refractivity contribution in [2.24, 2.45) is 5.84 Å². The Morgan fingerprint density at radius 3 is 2.41 bits per heavy atom. The zero-order chi connectivity index (χ0) is 12.8. The minimum absolute atomic E-state index is 0.000990. The molecule has 1 aromatic rings. The first kappa shape index (κ1) is 13.7. The summed E-state index contributed by atoms with van der Waals surface area (Å²) < 4.78 is 0. The molecule has 0 aliphatic heterocycles. The summed E-state index contributed by atoms with van der Waals surface area (Å²) in [6.07, 6.45) is 1.56. The predicted molar refractivity (Wildman–Crippen MR) is 68.7 cm³/mol. The van der Waals surface area contributed by atoms with Crippen molar-refractivity contribution < 1.29 is 5.11 Å². The Bertz CT molecular complexity index is 365. The van der Waals surface area contributed by atoms with Crippen molar-refractivity contribution in [3.63, 3.8) is 0 Å². The Kier molecular flexibility index (Phi) is 5.11. The quantitative estimate of drug-likeness (QED) is 0.433. The summed E-state index contributed by atoms with van der Waals surface area (Å²) in [7, 11) is 0. The van der Waals surface area contributed by atoms with Gasteiger partial charge in [-0.2, -0.15) is 0 Å². The molecule has 0 spiro atoms. The molecule has 0 fully saturated rings. The molecule has 0 aliphatic carbocycles. The van der Waals surface area contributed by atoms with Crippen LogP contribution in [0, 0.1) is 6.92 Å². The molecule has 5 N–H and O–H groups in total. The van der Waals surface area contributed by atoms with Crippen molar-refractivity contribution in [3.8, 4) is 0 Å². The van der Waals surface area contributed by atoms with Crippen LogP contribution in [0.1, 0.15) is 31.7 Å². The van der Waals surface area contributed by atoms with Gasteiger partial charge >= 0.3 is 0 Å². The Balaban J connectivity index is 3.04. The van der Waals surface area contributed by atoms with Gasteiger partial charge in [0.15, 0.2) is 0 Å². The molecule has 1 atom stereocenters. The second kappa shape index (κ2) is 6.36. The lowest BCUT2D eigenvalue weighted by atomic mass is 10.2. The SMILES string of the molecule is CCc1nc(NN)c(C)c(NC(CC)CO)n1. The standard InChI is InChI=1S/C11H21N5O/c1-4-8(6-17)13-10-7(3)11(16-12)15-9(5-2)14-10/h8,17H,4-6,12H2,1-3H3,(H2,13,14,15,16). The molecule has 1 heterocycles. The van der Waals surface area contributed by atoms with Crippen LogP contribution >= 0.6 is 0 Å². The number of anilines is 2. The van der Waals surface area contributed by atoms with Gasteiger partial charge in [0, 0.05) is 12.0 Å². The summed E-state index contributed by atoms with van der Waals surface area (Å²) in [5.74, 6) is 7.49. The van der Waals surface area contributed by atoms with Crippen LogP contribution < -0.4 is 16.6 Å². The number of hydrogen-bond donors (Lipinski definition) is 4. The van der Waals surface area contributed by atoms with Crippen LogP contribution in [-0.4, -0.2) is 27.7 Å². The van der Waals surface area contributed by atoms with E-state index >= 15 is 0 Å². The molecular weight excluding hydrogens is 218 g/mol. The smallest absolute Gasteiger partial charge is 0.148 e. The first-order chi connectivity index (χ1) is 8.15. The summed E-state index contributed by atoms with van der Waals surface area (Å²) in [4.78, 5) is 8.69. The molecular formula is C11H21N5O. The number of aromatic nitrogens is 2. The van der Waals surface area contributed by atoms with Crippen molar-refractivity contribution in [3.05, 3.63) is 11.4 Å². The normalized spacial score (nSPS) is 12.3. The first-order valence-corrected chi connectivity index (χ1v) is 5.87. The fourth-order valence-electron chi connectivity index (χ4n) is 1.47. The van der Waals surface area contributed by atoms with E-state index < -0.39 is 0 Å². The topological polar surface area (TPSA) is 96.1 Å². The van der Waals surface area contributed by atoms with Gasteiger partial charge in [0.1, 0.15) is 17.5 Å². The van der Waals surface area contributed by atoms with E-state index in [0.29, 0.717) is 5.82 Å². The number of hydrogen-bond acceptors (Lipinski definition) is 6. The maximum absolute atomic E-state index is 9.19. The summed E-state index contributed by atoms with van der Waals surface area (Å²) in [6.45, 7) is 5.96. The van der Waals surface area contributed by atoms with E-state index in [0.717, 1.165) is 30.0 Å². The zero-order valence-electron chi connectivity index (χ0n) is 10.6. The largest absolute Gasteiger partial charge is 0.394 e. The Morgan fingerprint density at radius 1 is 1.29 bits per heavy atom. The van der Waals surface area contributed by atoms with Gasteiger partial charge in [-0.1, -0.05) is 13.8 Å². The Labute approximate surface area is 102 Å². The van der Waals surface area contributed by atoms with E-state index in [9.17, 15) is 5.11 Å². The second-order valence-electron chi connectivity index (χ2n) is 3.89. The third-order valence-corrected chi connectivity index (χ3v) is 2.70. The fraction of sp³-hybridized carbons (Fsp3) is 0.636. The minimum atomic E-state index is -0.000990. The molecule has 0 bridgehead atoms. The molecule has 0 saturated carbocycles. The molecule has 0 radical (unpaired) electrons. The van der Waals surface area contributed by atoms with Crippen LogP contribution in [-0.2, 0) is 6.42 Å². The van der Waals surface area contributed by atoms with E-state index in [1.807, 2.05) is 20.8 Å². The number of aryl methyl sites for hydroxylation is 1. The number of nitrogen functional groups attached to an aromatic ring is 1. The fourth-order valence-corrected chi connectivity index (χ4v) is 1.47. The van der Waals surface area contributed by atoms with E-state index in [1.54, 1.807) is 0 Å². The number of hydrazine groups is 1. The highest BCUT2D eigenvalue weighted by Gasteiger charge is 2.12. The van der Waals surface area contributed by atoms with Crippen LogP contribution in [0.25, 0.3) is 0 Å². The van der Waals surface area contributed by atoms with Gasteiger partial charge in [0.05, 0.1) is 12.6 Å². The number of aliphatic hydroxyl groups is 1. The van der Waals surface area contributed by atoms with Crippen molar-refractivity contribution in [1.82, 2.24) is 9.97 Å². The average molecular weight is 239 g/mol. The van der Waals surface area contributed by atoms with Crippen molar-refractivity contribution >= 4 is 11.6 Å². The van der Waals surface area contributed by atoms with Crippen molar-refractivity contribution in [1.29, 1.82) is 0 Å². The van der Waals surface area contributed by atoms with Gasteiger partial charge in [-0.05, 0) is 13.3 Å². The zero-order valence-corrected chi connectivity index (χ0v) is 10.6. The van der Waals surface area contributed by atoms with Gasteiger partial charge in [-0.3, -0.25) is 0 Å². The third kappa shape index (κ3) is 3.28. The molecule has 6 nitrogen and oxygen atoms in total. The van der Waals surface area contributed by atoms with Crippen LogP contribution in [0.2, 0.25) is 0 Å². The van der Waals surface area contributed by atoms with Gasteiger partial charge in [0.2, 0.25) is 0 Å². The molecule has 1 aromatic heterocycles. The monoisotopic (exact) mass is 239 g/mol. The van der Waals surface area contributed by atoms with E-state index in [2.05, 4.69) is 20.7 Å². The van der Waals surface area contributed by atoms with E-state index in [4.69, 9.17) is 5.84 Å². The second-order valence-corrected chi connectivity index (χ2v) is 3.89. The molecule has 6 heteroatoms. The minimum Gasteiger partial charge on any atom is -0.394 e. The Morgan fingerprint density at radius 2 is 1.94 bits per heavy atom. The molecule has 0 aliphatic rings. The summed E-state index contributed by atoms with van der Waals surface area (Å²) in [5, 5.41) is 12.4. The van der Waals surface area contributed by atoms with Crippen LogP contribution in [0.15, 0.2) is 0 Å². The van der Waals surface area contributed by atoms with E-state index in [1.165, 1.54) is 0 Å². The highest BCUT2D eigenvalue weighted by atomic mass is 16.3. The number of nitrogens with one attached hydrogen (secondary N) is 2. The molecule has 17 heavy (non-hydrogen) atoms. The third-order valence-electron chi connectivity index (χ3n) is 2.70. The maximum Gasteiger partial charge on any atom is 0.148 e. The number of nitrogens with zero attached hydrogens (tertiary/aromatic N) is 2. The lowest BCUT2D eigenvalue weighted by Crippen LogP contribution is -2.25. The first-order valence-electron chi connectivity index (χ1n) is 5.87. The molecule has 1 rings (SSSR count). The number of nitrogens with two attached hydrogens (primary N) is 1. The highest BCUT2D eigenvalue weighted by Crippen LogP contribution is 2.20. The van der Waals surface area contributed by atoms with Gasteiger partial charge in [0.25, 0.3) is 0 Å². The lowest BCUT2D eigenvalue weighted by molar-refractivity contribution is 0.271. The molecule has 0 saturated heterocycles. The molecule has 96 valence electrons. The van der Waals surface area contributed by atoms with Gasteiger partial charge in [-0.25, -0.2) is 15.8 Å². The molecule has 1 unspecified atom stereocenters. The number of rotatable bonds is 6. The summed E-state index contributed by atoms with van der Waals surface area (Å²) >= 11 is 0. The Hall–Kier alpha value is -1.40. The van der Waals surface area contributed by atoms with Gasteiger partial charge < -0.3 is 15.8 Å². The van der Waals surface area contributed by atoms with Crippen LogP contribution in [0.5, 0.6) is 0 Å². The predicted octanol–water partition coefficient (Wildman–Crippen LogP) is 0.816. The van der Waals surface area contributed by atoms with E-state index in [-0.39, 0.29) is 12.6 Å². The van der Waals surface area contributed by atoms with Crippen LogP contribution in [0.4, 0.5) is 11.6 Å². The molecule has 0 aromatic carbocycles. The molecule has 0 amide bonds. The van der Waals surface area contributed by atoms with Gasteiger partial charge in [-0.15, -0.1) is 0 Å². The summed E-state index contributed by atoms with van der Waals surface area (Å²) in [6, 6.07) is -0.000990. The maximum atomic E-state index is 9.19.